The summed E-state index contributed by atoms with van der Waals surface area (Å²) in [6.07, 6.45) is 0. The van der Waals surface area contributed by atoms with Gasteiger partial charge in [0.15, 0.2) is 0 Å². The molecule has 0 fully saturated rings. The maximum Gasteiger partial charge on any atom is 0.337 e. The highest BCUT2D eigenvalue weighted by Gasteiger charge is 2.18. The normalized spacial score (nSPS) is 11.8. The Kier molecular flexibility index (Phi) is 5.51. The fourth-order valence-corrected chi connectivity index (χ4v) is 2.64. The summed E-state index contributed by atoms with van der Waals surface area (Å²) in [6, 6.07) is 7.34. The third kappa shape index (κ3) is 4.27. The molecule has 2 rings (SSSR count). The van der Waals surface area contributed by atoms with E-state index < -0.39 is 0 Å². The number of methoxy groups -OCH3 is 1. The molecule has 0 aliphatic rings. The van der Waals surface area contributed by atoms with Crippen LogP contribution in [0.25, 0.3) is 0 Å². The van der Waals surface area contributed by atoms with Crippen LogP contribution < -0.4 is 0 Å². The summed E-state index contributed by atoms with van der Waals surface area (Å²) < 4.78 is 8.73. The van der Waals surface area contributed by atoms with E-state index in [2.05, 4.69) is 15.3 Å². The van der Waals surface area contributed by atoms with Crippen molar-refractivity contribution < 1.29 is 9.53 Å². The van der Waals surface area contributed by atoms with E-state index in [1.807, 2.05) is 40.0 Å². The molecule has 0 radical (unpaired) electrons. The topological polar surface area (TPSA) is 65.2 Å². The molecule has 24 heavy (non-hydrogen) atoms. The minimum atomic E-state index is -0.333. The van der Waals surface area contributed by atoms with Crippen molar-refractivity contribution in [2.45, 2.75) is 39.5 Å². The third-order valence-corrected chi connectivity index (χ3v) is 3.86. The lowest BCUT2D eigenvalue weighted by Gasteiger charge is -2.18. The third-order valence-electron chi connectivity index (χ3n) is 3.48. The molecule has 0 aliphatic carbocycles. The highest BCUT2D eigenvalue weighted by atomic mass is 32.1. The van der Waals surface area contributed by atoms with E-state index in [-0.39, 0.29) is 11.5 Å². The van der Waals surface area contributed by atoms with Gasteiger partial charge in [0.1, 0.15) is 0 Å². The molecule has 1 aromatic carbocycles. The Morgan fingerprint density at radius 1 is 1.25 bits per heavy atom. The van der Waals surface area contributed by atoms with Crippen LogP contribution in [-0.2, 0) is 23.5 Å². The average Bonchev–Trinajstić information content (AvgIpc) is 2.88. The van der Waals surface area contributed by atoms with Gasteiger partial charge in [-0.05, 0) is 68.2 Å². The molecular formula is C16H23N5O2S. The predicted octanol–water partition coefficient (Wildman–Crippen LogP) is 2.44. The van der Waals surface area contributed by atoms with Gasteiger partial charge in [0.25, 0.3) is 0 Å². The van der Waals surface area contributed by atoms with Crippen molar-refractivity contribution in [1.82, 2.24) is 24.7 Å². The zero-order valence-corrected chi connectivity index (χ0v) is 15.5. The molecule has 1 heterocycles. The Hall–Kier alpha value is -2.06. The fourth-order valence-electron chi connectivity index (χ4n) is 2.24. The largest absolute Gasteiger partial charge is 0.465 e. The first-order chi connectivity index (χ1) is 11.2. The Labute approximate surface area is 146 Å². The summed E-state index contributed by atoms with van der Waals surface area (Å²) in [5, 5.41) is 8.27. The van der Waals surface area contributed by atoms with Crippen LogP contribution >= 0.6 is 12.2 Å². The molecule has 0 amide bonds. The van der Waals surface area contributed by atoms with E-state index in [0.29, 0.717) is 23.5 Å². The molecule has 130 valence electrons. The Balaban J connectivity index is 2.04. The van der Waals surface area contributed by atoms with Gasteiger partial charge in [-0.15, -0.1) is 0 Å². The zero-order valence-electron chi connectivity index (χ0n) is 14.7. The number of esters is 1. The van der Waals surface area contributed by atoms with E-state index in [0.717, 1.165) is 5.56 Å². The summed E-state index contributed by atoms with van der Waals surface area (Å²) in [4.78, 5) is 13.5. The smallest absolute Gasteiger partial charge is 0.337 e. The van der Waals surface area contributed by atoms with Crippen LogP contribution in [0, 0.1) is 4.77 Å². The minimum Gasteiger partial charge on any atom is -0.465 e. The average molecular weight is 349 g/mol. The second-order valence-corrected chi connectivity index (χ2v) is 7.05. The van der Waals surface area contributed by atoms with Gasteiger partial charge in [0, 0.05) is 6.54 Å². The zero-order chi connectivity index (χ0) is 17.9. The van der Waals surface area contributed by atoms with Crippen LogP contribution in [0.2, 0.25) is 0 Å². The standard InChI is InChI=1S/C16H23N5O2S/c1-16(2,3)21-15(24)20(17-18-21)11-19(4)10-12-6-8-13(9-7-12)14(22)23-5/h6-9H,10-11H2,1-5H3. The van der Waals surface area contributed by atoms with Crippen molar-refractivity contribution in [3.63, 3.8) is 0 Å². The van der Waals surface area contributed by atoms with Gasteiger partial charge in [-0.3, -0.25) is 4.90 Å². The highest BCUT2D eigenvalue weighted by Crippen LogP contribution is 2.13. The lowest BCUT2D eigenvalue weighted by atomic mass is 10.1. The molecule has 0 saturated carbocycles. The van der Waals surface area contributed by atoms with Crippen molar-refractivity contribution >= 4 is 18.2 Å². The number of ether oxygens (including phenoxy) is 1. The first kappa shape index (κ1) is 18.3. The molecule has 0 aliphatic heterocycles. The molecule has 2 aromatic rings. The van der Waals surface area contributed by atoms with Crippen LogP contribution in [0.4, 0.5) is 0 Å². The molecule has 0 unspecified atom stereocenters. The summed E-state index contributed by atoms with van der Waals surface area (Å²) >= 11 is 5.44. The number of hydrogen-bond donors (Lipinski definition) is 0. The lowest BCUT2D eigenvalue weighted by Crippen LogP contribution is -2.25. The number of carbonyl (C=O) groups excluding carboxylic acids is 1. The van der Waals surface area contributed by atoms with Crippen LogP contribution in [0.15, 0.2) is 24.3 Å². The first-order valence-corrected chi connectivity index (χ1v) is 8.02. The molecule has 7 nitrogen and oxygen atoms in total. The second kappa shape index (κ2) is 7.23. The lowest BCUT2D eigenvalue weighted by molar-refractivity contribution is 0.0600. The van der Waals surface area contributed by atoms with E-state index >= 15 is 0 Å². The molecule has 1 aromatic heterocycles. The summed E-state index contributed by atoms with van der Waals surface area (Å²) in [7, 11) is 3.35. The van der Waals surface area contributed by atoms with Gasteiger partial charge in [-0.25, -0.2) is 14.2 Å². The van der Waals surface area contributed by atoms with Gasteiger partial charge in [-0.2, -0.15) is 0 Å². The number of rotatable bonds is 5. The molecule has 0 atom stereocenters. The molecule has 0 saturated heterocycles. The van der Waals surface area contributed by atoms with Crippen molar-refractivity contribution in [2.24, 2.45) is 0 Å². The van der Waals surface area contributed by atoms with E-state index in [9.17, 15) is 4.79 Å². The molecule has 0 bridgehead atoms. The van der Waals surface area contributed by atoms with Crippen LogP contribution in [0.3, 0.4) is 0 Å². The van der Waals surface area contributed by atoms with Gasteiger partial charge >= 0.3 is 5.97 Å². The quantitative estimate of drug-likeness (QED) is 0.610. The molecule has 0 N–H and O–H groups in total. The Morgan fingerprint density at radius 3 is 2.38 bits per heavy atom. The maximum absolute atomic E-state index is 11.4. The predicted molar refractivity (Wildman–Crippen MR) is 93.1 cm³/mol. The van der Waals surface area contributed by atoms with E-state index in [4.69, 9.17) is 17.0 Å². The molecule has 0 spiro atoms. The first-order valence-electron chi connectivity index (χ1n) is 7.61. The SMILES string of the molecule is COC(=O)c1ccc(CN(C)Cn2nnn(C(C)(C)C)c2=S)cc1. The second-order valence-electron chi connectivity index (χ2n) is 6.69. The summed E-state index contributed by atoms with van der Waals surface area (Å²) in [6.45, 7) is 7.34. The number of benzene rings is 1. The molecular weight excluding hydrogens is 326 g/mol. The van der Waals surface area contributed by atoms with E-state index in [1.165, 1.54) is 7.11 Å². The number of aromatic nitrogens is 4. The van der Waals surface area contributed by atoms with E-state index in [1.54, 1.807) is 21.5 Å². The highest BCUT2D eigenvalue weighted by molar-refractivity contribution is 7.71. The number of nitrogens with zero attached hydrogens (tertiary/aromatic N) is 5. The summed E-state index contributed by atoms with van der Waals surface area (Å²) in [5.41, 5.74) is 1.43. The minimum absolute atomic E-state index is 0.197. The fraction of sp³-hybridized carbons (Fsp3) is 0.500. The van der Waals surface area contributed by atoms with Crippen molar-refractivity contribution in [2.75, 3.05) is 14.2 Å². The van der Waals surface area contributed by atoms with Gasteiger partial charge < -0.3 is 4.74 Å². The number of carbonyl (C=O) groups is 1. The Morgan fingerprint density at radius 2 is 1.88 bits per heavy atom. The summed E-state index contributed by atoms with van der Waals surface area (Å²) in [5.74, 6) is -0.333. The maximum atomic E-state index is 11.4. The Bertz CT molecular complexity index is 758. The van der Waals surface area contributed by atoms with Crippen LogP contribution in [0.1, 0.15) is 36.7 Å². The van der Waals surface area contributed by atoms with Crippen LogP contribution in [0.5, 0.6) is 0 Å². The van der Waals surface area contributed by atoms with Crippen LogP contribution in [-0.4, -0.2) is 44.8 Å². The van der Waals surface area contributed by atoms with Crippen molar-refractivity contribution in [3.8, 4) is 0 Å². The monoisotopic (exact) mass is 349 g/mol. The van der Waals surface area contributed by atoms with Gasteiger partial charge in [0.05, 0.1) is 24.9 Å². The molecule has 8 heteroatoms. The van der Waals surface area contributed by atoms with Gasteiger partial charge in [0.2, 0.25) is 4.77 Å². The van der Waals surface area contributed by atoms with Crippen molar-refractivity contribution in [3.05, 3.63) is 40.2 Å². The number of tetrazole rings is 1. The number of hydrogen-bond acceptors (Lipinski definition) is 6. The van der Waals surface area contributed by atoms with Gasteiger partial charge in [-0.1, -0.05) is 12.1 Å². The van der Waals surface area contributed by atoms with Crippen molar-refractivity contribution in [1.29, 1.82) is 0 Å².